The van der Waals surface area contributed by atoms with Gasteiger partial charge in [-0.15, -0.1) is 0 Å². The first-order valence-corrected chi connectivity index (χ1v) is 8.24. The lowest BCUT2D eigenvalue weighted by molar-refractivity contribution is -0.123. The molecule has 1 aliphatic heterocycles. The van der Waals surface area contributed by atoms with Gasteiger partial charge in [-0.25, -0.2) is 4.63 Å². The smallest absolute Gasteiger partial charge is 0.248 e. The van der Waals surface area contributed by atoms with Crippen molar-refractivity contribution in [1.82, 2.24) is 15.6 Å². The molecule has 2 aromatic rings. The molecule has 0 saturated carbocycles. The summed E-state index contributed by atoms with van der Waals surface area (Å²) in [4.78, 5) is 23.4. The summed E-state index contributed by atoms with van der Waals surface area (Å²) in [6.45, 7) is 2.62. The average Bonchev–Trinajstić information content (AvgIpc) is 3.02. The van der Waals surface area contributed by atoms with Gasteiger partial charge in [-0.05, 0) is 37.6 Å². The maximum absolute atomic E-state index is 12.3. The topological polar surface area (TPSA) is 130 Å². The fourth-order valence-corrected chi connectivity index (χ4v) is 2.69. The average molecular weight is 360 g/mol. The third kappa shape index (κ3) is 4.37. The highest BCUT2D eigenvalue weighted by Gasteiger charge is 2.29. The maximum atomic E-state index is 12.3. The van der Waals surface area contributed by atoms with Gasteiger partial charge in [-0.2, -0.15) is 0 Å². The monoisotopic (exact) mass is 360 g/mol. The van der Waals surface area contributed by atoms with Gasteiger partial charge in [-0.1, -0.05) is 10.3 Å². The number of rotatable bonds is 6. The van der Waals surface area contributed by atoms with Crippen LogP contribution in [0.2, 0.25) is 0 Å². The first-order chi connectivity index (χ1) is 12.5. The summed E-state index contributed by atoms with van der Waals surface area (Å²) in [7, 11) is 0. The second-order valence-corrected chi connectivity index (χ2v) is 6.06. The van der Waals surface area contributed by atoms with Crippen LogP contribution < -0.4 is 15.8 Å². The van der Waals surface area contributed by atoms with E-state index in [1.807, 2.05) is 0 Å². The summed E-state index contributed by atoms with van der Waals surface area (Å²) < 4.78 is 16.0. The van der Waals surface area contributed by atoms with Gasteiger partial charge in [-0.3, -0.25) is 9.59 Å². The molecule has 0 aliphatic carbocycles. The third-order valence-electron chi connectivity index (χ3n) is 4.15. The number of primary amides is 1. The van der Waals surface area contributed by atoms with Crippen molar-refractivity contribution < 1.29 is 23.7 Å². The molecule has 0 unspecified atom stereocenters. The summed E-state index contributed by atoms with van der Waals surface area (Å²) in [5, 5.41) is 10.3. The zero-order valence-corrected chi connectivity index (χ0v) is 14.3. The molecule has 0 spiro atoms. The van der Waals surface area contributed by atoms with E-state index < -0.39 is 5.91 Å². The number of carbonyl (C=O) groups excluding carboxylic acids is 2. The van der Waals surface area contributed by atoms with Crippen LogP contribution >= 0.6 is 0 Å². The first kappa shape index (κ1) is 17.9. The quantitative estimate of drug-likeness (QED) is 0.761. The Morgan fingerprint density at radius 1 is 1.31 bits per heavy atom. The maximum Gasteiger partial charge on any atom is 0.248 e. The lowest BCUT2D eigenvalue weighted by atomic mass is 10.1. The summed E-state index contributed by atoms with van der Waals surface area (Å²) in [6, 6.07) is 6.31. The van der Waals surface area contributed by atoms with Crippen LogP contribution in [0.3, 0.4) is 0 Å². The van der Waals surface area contributed by atoms with E-state index in [0.717, 1.165) is 0 Å². The Hall–Kier alpha value is -2.94. The number of hydrogen-bond donors (Lipinski definition) is 2. The number of nitrogens with one attached hydrogen (secondary N) is 1. The highest BCUT2D eigenvalue weighted by Crippen LogP contribution is 2.19. The predicted octanol–water partition coefficient (Wildman–Crippen LogP) is 0.372. The fourth-order valence-electron chi connectivity index (χ4n) is 2.69. The highest BCUT2D eigenvalue weighted by molar-refractivity contribution is 5.92. The number of nitrogens with zero attached hydrogens (tertiary/aromatic N) is 2. The van der Waals surface area contributed by atoms with Gasteiger partial charge in [0.15, 0.2) is 0 Å². The molecule has 9 heteroatoms. The minimum Gasteiger partial charge on any atom is -0.486 e. The van der Waals surface area contributed by atoms with Crippen molar-refractivity contribution in [3.63, 3.8) is 0 Å². The molecule has 3 rings (SSSR count). The van der Waals surface area contributed by atoms with E-state index >= 15 is 0 Å². The molecule has 1 saturated heterocycles. The summed E-state index contributed by atoms with van der Waals surface area (Å²) in [6.07, 6.45) is 0.377. The number of ether oxygens (including phenoxy) is 2. The Labute approximate surface area is 149 Å². The molecule has 0 radical (unpaired) electrons. The zero-order chi connectivity index (χ0) is 18.5. The molecule has 2 amide bonds. The summed E-state index contributed by atoms with van der Waals surface area (Å²) in [5.74, 6) is -0.116. The molecule has 0 bridgehead atoms. The van der Waals surface area contributed by atoms with E-state index in [-0.39, 0.29) is 24.5 Å². The molecule has 1 aromatic carbocycles. The van der Waals surface area contributed by atoms with Crippen LogP contribution in [-0.4, -0.2) is 47.5 Å². The molecule has 1 fully saturated rings. The molecule has 2 heterocycles. The van der Waals surface area contributed by atoms with E-state index in [1.54, 1.807) is 31.2 Å². The third-order valence-corrected chi connectivity index (χ3v) is 4.15. The van der Waals surface area contributed by atoms with Crippen molar-refractivity contribution in [2.75, 3.05) is 13.2 Å². The van der Waals surface area contributed by atoms with Gasteiger partial charge in [0.2, 0.25) is 11.8 Å². The fraction of sp³-hybridized carbons (Fsp3) is 0.412. The van der Waals surface area contributed by atoms with Gasteiger partial charge in [0, 0.05) is 12.2 Å². The predicted molar refractivity (Wildman–Crippen MR) is 89.5 cm³/mol. The molecular formula is C17H20N4O5. The normalized spacial score (nSPS) is 19.7. The van der Waals surface area contributed by atoms with Crippen molar-refractivity contribution in [2.24, 2.45) is 5.73 Å². The first-order valence-electron chi connectivity index (χ1n) is 8.24. The van der Waals surface area contributed by atoms with Gasteiger partial charge in [0.05, 0.1) is 19.1 Å². The van der Waals surface area contributed by atoms with Crippen LogP contribution in [0.1, 0.15) is 28.2 Å². The lowest BCUT2D eigenvalue weighted by Crippen LogP contribution is -2.51. The molecular weight excluding hydrogens is 340 g/mol. The Kier molecular flexibility index (Phi) is 5.47. The second kappa shape index (κ2) is 7.96. The lowest BCUT2D eigenvalue weighted by Gasteiger charge is -2.32. The number of hydrogen-bond acceptors (Lipinski definition) is 7. The van der Waals surface area contributed by atoms with Gasteiger partial charge in [0.25, 0.3) is 0 Å². The highest BCUT2D eigenvalue weighted by atomic mass is 16.6. The van der Waals surface area contributed by atoms with Crippen molar-refractivity contribution in [2.45, 2.75) is 31.9 Å². The van der Waals surface area contributed by atoms with E-state index in [4.69, 9.17) is 15.2 Å². The van der Waals surface area contributed by atoms with Crippen molar-refractivity contribution >= 4 is 11.8 Å². The van der Waals surface area contributed by atoms with E-state index in [1.165, 1.54) is 0 Å². The number of aromatic nitrogens is 2. The summed E-state index contributed by atoms with van der Waals surface area (Å²) >= 11 is 0. The van der Waals surface area contributed by atoms with Crippen LogP contribution in [0.15, 0.2) is 28.9 Å². The van der Waals surface area contributed by atoms with Gasteiger partial charge in [0.1, 0.15) is 23.2 Å². The number of carbonyl (C=O) groups is 2. The van der Waals surface area contributed by atoms with Gasteiger partial charge < -0.3 is 20.5 Å². The molecule has 138 valence electrons. The molecule has 1 aromatic heterocycles. The van der Waals surface area contributed by atoms with Gasteiger partial charge >= 0.3 is 0 Å². The van der Waals surface area contributed by atoms with Crippen LogP contribution in [0.4, 0.5) is 0 Å². The van der Waals surface area contributed by atoms with Crippen LogP contribution in [0, 0.1) is 6.92 Å². The van der Waals surface area contributed by atoms with Crippen LogP contribution in [-0.2, 0) is 16.0 Å². The Morgan fingerprint density at radius 3 is 2.73 bits per heavy atom. The molecule has 9 nitrogen and oxygen atoms in total. The zero-order valence-electron chi connectivity index (χ0n) is 14.3. The van der Waals surface area contributed by atoms with E-state index in [2.05, 4.69) is 20.3 Å². The molecule has 2 atom stereocenters. The number of aryl methyl sites for hydroxylation is 1. The van der Waals surface area contributed by atoms with E-state index in [0.29, 0.717) is 42.3 Å². The minimum atomic E-state index is -0.500. The number of nitrogens with two attached hydrogens (primary N) is 1. The largest absolute Gasteiger partial charge is 0.486 e. The summed E-state index contributed by atoms with van der Waals surface area (Å²) in [5.41, 5.74) is 6.73. The van der Waals surface area contributed by atoms with Crippen LogP contribution in [0.5, 0.6) is 5.75 Å². The van der Waals surface area contributed by atoms with Crippen molar-refractivity contribution in [3.05, 3.63) is 41.2 Å². The van der Waals surface area contributed by atoms with E-state index in [9.17, 15) is 9.59 Å². The number of benzene rings is 1. The van der Waals surface area contributed by atoms with Crippen LogP contribution in [0.25, 0.3) is 0 Å². The Morgan fingerprint density at radius 2 is 2.08 bits per heavy atom. The van der Waals surface area contributed by atoms with Crippen molar-refractivity contribution in [3.8, 4) is 5.75 Å². The molecule has 1 aliphatic rings. The molecule has 3 N–H and O–H groups in total. The molecule has 26 heavy (non-hydrogen) atoms. The minimum absolute atomic E-state index is 0.0900. The second-order valence-electron chi connectivity index (χ2n) is 6.06. The SMILES string of the molecule is Cc1nonc1CC(=O)N[C@@H]1CCOC[C@H]1Oc1ccc(C(N)=O)cc1. The van der Waals surface area contributed by atoms with Crippen molar-refractivity contribution in [1.29, 1.82) is 0 Å². The Balaban J connectivity index is 1.61. The standard InChI is InChI=1S/C17H20N4O5/c1-10-14(21-26-20-10)8-16(22)19-13-6-7-24-9-15(13)25-12-4-2-11(3-5-12)17(18)23/h2-5,13,15H,6-9H2,1H3,(H2,18,23)(H,19,22)/t13-,15-/m1/s1. The number of amides is 2. The Bertz CT molecular complexity index is 774.